The minimum atomic E-state index is 0.232. The molecule has 0 aliphatic heterocycles. The molecule has 0 N–H and O–H groups in total. The number of hydrogen-bond acceptors (Lipinski definition) is 0. The molecule has 1 aliphatic rings. The Bertz CT molecular complexity index is 791. The minimum Gasteiger partial charge on any atom is -0.0754 e. The van der Waals surface area contributed by atoms with Gasteiger partial charge in [0.25, 0.3) is 0 Å². The van der Waals surface area contributed by atoms with E-state index in [1.54, 1.807) is 0 Å². The smallest absolute Gasteiger partial charge is 0.0293 e. The SMILES string of the molecule is [C]1c2ccccc2C=CC1c1cccc2ccccc12. The highest BCUT2D eigenvalue weighted by molar-refractivity contribution is 5.87. The van der Waals surface area contributed by atoms with Crippen molar-refractivity contribution in [1.82, 2.24) is 0 Å². The molecule has 4 rings (SSSR count). The summed E-state index contributed by atoms with van der Waals surface area (Å²) in [5, 5.41) is 2.61. The fourth-order valence-corrected chi connectivity index (χ4v) is 2.89. The van der Waals surface area contributed by atoms with E-state index in [9.17, 15) is 0 Å². The average Bonchev–Trinajstić information content (AvgIpc) is 2.54. The van der Waals surface area contributed by atoms with Crippen molar-refractivity contribution in [3.05, 3.63) is 95.9 Å². The molecular formula is C20H14. The van der Waals surface area contributed by atoms with Crippen molar-refractivity contribution >= 4 is 16.8 Å². The summed E-state index contributed by atoms with van der Waals surface area (Å²) >= 11 is 0. The lowest BCUT2D eigenvalue weighted by Gasteiger charge is -2.20. The molecule has 0 amide bonds. The van der Waals surface area contributed by atoms with E-state index in [1.807, 2.05) is 0 Å². The summed E-state index contributed by atoms with van der Waals surface area (Å²) in [7, 11) is 0. The Kier molecular flexibility index (Phi) is 2.67. The van der Waals surface area contributed by atoms with Crippen LogP contribution >= 0.6 is 0 Å². The molecule has 0 fully saturated rings. The molecule has 0 saturated heterocycles. The van der Waals surface area contributed by atoms with Crippen molar-refractivity contribution in [2.45, 2.75) is 5.92 Å². The van der Waals surface area contributed by atoms with Gasteiger partial charge in [0.2, 0.25) is 0 Å². The Morgan fingerprint density at radius 1 is 0.750 bits per heavy atom. The molecule has 0 saturated carbocycles. The Morgan fingerprint density at radius 3 is 2.55 bits per heavy atom. The minimum absolute atomic E-state index is 0.232. The Balaban J connectivity index is 1.82. The van der Waals surface area contributed by atoms with E-state index in [2.05, 4.69) is 85.3 Å². The molecule has 0 spiro atoms. The van der Waals surface area contributed by atoms with Crippen molar-refractivity contribution in [2.75, 3.05) is 0 Å². The van der Waals surface area contributed by atoms with E-state index in [-0.39, 0.29) is 5.92 Å². The fourth-order valence-electron chi connectivity index (χ4n) is 2.89. The Labute approximate surface area is 119 Å². The molecule has 0 aromatic heterocycles. The number of allylic oxidation sites excluding steroid dienone is 1. The third-order valence-electron chi connectivity index (χ3n) is 3.90. The summed E-state index contributed by atoms with van der Waals surface area (Å²) in [6.45, 7) is 0. The van der Waals surface area contributed by atoms with E-state index in [0.29, 0.717) is 0 Å². The van der Waals surface area contributed by atoms with Crippen LogP contribution in [0.1, 0.15) is 22.6 Å². The van der Waals surface area contributed by atoms with Crippen molar-refractivity contribution in [1.29, 1.82) is 0 Å². The second kappa shape index (κ2) is 4.64. The van der Waals surface area contributed by atoms with E-state index in [0.717, 1.165) is 0 Å². The molecule has 3 aromatic carbocycles. The highest BCUT2D eigenvalue weighted by atomic mass is 14.2. The first-order chi connectivity index (χ1) is 9.92. The van der Waals surface area contributed by atoms with E-state index >= 15 is 0 Å². The summed E-state index contributed by atoms with van der Waals surface area (Å²) in [5.41, 5.74) is 3.78. The lowest BCUT2D eigenvalue weighted by atomic mass is 9.83. The molecular weight excluding hydrogens is 240 g/mol. The Hall–Kier alpha value is -2.34. The van der Waals surface area contributed by atoms with Gasteiger partial charge in [-0.1, -0.05) is 78.9 Å². The Morgan fingerprint density at radius 2 is 1.55 bits per heavy atom. The maximum absolute atomic E-state index is 3.62. The third kappa shape index (κ3) is 1.85. The average molecular weight is 254 g/mol. The van der Waals surface area contributed by atoms with Crippen LogP contribution < -0.4 is 0 Å². The third-order valence-corrected chi connectivity index (χ3v) is 3.90. The van der Waals surface area contributed by atoms with Crippen LogP contribution in [0.25, 0.3) is 16.8 Å². The first-order valence-electron chi connectivity index (χ1n) is 6.93. The lowest BCUT2D eigenvalue weighted by molar-refractivity contribution is 1.01. The molecule has 0 heteroatoms. The van der Waals surface area contributed by atoms with Gasteiger partial charge in [-0.15, -0.1) is 0 Å². The molecule has 0 bridgehead atoms. The van der Waals surface area contributed by atoms with Gasteiger partial charge in [-0.2, -0.15) is 0 Å². The van der Waals surface area contributed by atoms with Crippen LogP contribution in [0.3, 0.4) is 0 Å². The second-order valence-corrected chi connectivity index (χ2v) is 5.14. The van der Waals surface area contributed by atoms with Gasteiger partial charge in [0, 0.05) is 12.3 Å². The van der Waals surface area contributed by atoms with Crippen LogP contribution in [0.5, 0.6) is 0 Å². The van der Waals surface area contributed by atoms with E-state index < -0.39 is 0 Å². The zero-order valence-electron chi connectivity index (χ0n) is 11.1. The zero-order valence-corrected chi connectivity index (χ0v) is 11.1. The van der Waals surface area contributed by atoms with Crippen molar-refractivity contribution in [3.63, 3.8) is 0 Å². The van der Waals surface area contributed by atoms with Crippen molar-refractivity contribution in [2.24, 2.45) is 0 Å². The van der Waals surface area contributed by atoms with Gasteiger partial charge in [-0.05, 0) is 27.5 Å². The molecule has 0 heterocycles. The molecule has 94 valence electrons. The van der Waals surface area contributed by atoms with Gasteiger partial charge in [-0.3, -0.25) is 0 Å². The maximum atomic E-state index is 3.62. The topological polar surface area (TPSA) is 0 Å². The molecule has 1 aliphatic carbocycles. The van der Waals surface area contributed by atoms with Crippen LogP contribution in [0, 0.1) is 6.42 Å². The van der Waals surface area contributed by atoms with Gasteiger partial charge < -0.3 is 0 Å². The van der Waals surface area contributed by atoms with Crippen LogP contribution in [0.2, 0.25) is 0 Å². The monoisotopic (exact) mass is 254 g/mol. The predicted octanol–water partition coefficient (Wildman–Crippen LogP) is 5.08. The summed E-state index contributed by atoms with van der Waals surface area (Å²) in [4.78, 5) is 0. The van der Waals surface area contributed by atoms with Crippen LogP contribution in [0.4, 0.5) is 0 Å². The van der Waals surface area contributed by atoms with E-state index in [4.69, 9.17) is 0 Å². The molecule has 1 atom stereocenters. The molecule has 3 aromatic rings. The van der Waals surface area contributed by atoms with Gasteiger partial charge in [-0.25, -0.2) is 0 Å². The van der Waals surface area contributed by atoms with E-state index in [1.165, 1.54) is 27.5 Å². The van der Waals surface area contributed by atoms with Crippen molar-refractivity contribution in [3.8, 4) is 0 Å². The first-order valence-corrected chi connectivity index (χ1v) is 6.93. The fraction of sp³-hybridized carbons (Fsp3) is 0.0500. The number of hydrogen-bond donors (Lipinski definition) is 0. The summed E-state index contributed by atoms with van der Waals surface area (Å²) in [6, 6.07) is 23.5. The van der Waals surface area contributed by atoms with Gasteiger partial charge in [0.1, 0.15) is 0 Å². The number of fused-ring (bicyclic) bond motifs is 2. The lowest BCUT2D eigenvalue weighted by Crippen LogP contribution is -2.03. The summed E-state index contributed by atoms with van der Waals surface area (Å²) in [6.07, 6.45) is 8.07. The molecule has 20 heavy (non-hydrogen) atoms. The van der Waals surface area contributed by atoms with Gasteiger partial charge in [0.15, 0.2) is 0 Å². The normalized spacial score (nSPS) is 17.1. The van der Waals surface area contributed by atoms with Crippen LogP contribution in [0.15, 0.2) is 72.8 Å². The molecule has 2 radical (unpaired) electrons. The predicted molar refractivity (Wildman–Crippen MR) is 84.5 cm³/mol. The van der Waals surface area contributed by atoms with Crippen molar-refractivity contribution < 1.29 is 0 Å². The first kappa shape index (κ1) is 11.5. The molecule has 0 nitrogen and oxygen atoms in total. The molecule has 1 unspecified atom stereocenters. The maximum Gasteiger partial charge on any atom is 0.0293 e. The second-order valence-electron chi connectivity index (χ2n) is 5.14. The number of benzene rings is 3. The summed E-state index contributed by atoms with van der Waals surface area (Å²) in [5.74, 6) is 0.232. The quantitative estimate of drug-likeness (QED) is 0.568. The largest absolute Gasteiger partial charge is 0.0754 e. The van der Waals surface area contributed by atoms with Gasteiger partial charge >= 0.3 is 0 Å². The summed E-state index contributed by atoms with van der Waals surface area (Å²) < 4.78 is 0. The van der Waals surface area contributed by atoms with Crippen LogP contribution in [-0.2, 0) is 0 Å². The zero-order chi connectivity index (χ0) is 13.4. The standard InChI is InChI=1S/C20H14/c1-2-8-17-14-18(13-12-15(17)6-1)20-11-5-9-16-7-3-4-10-19(16)20/h1-13,18H. The highest BCUT2D eigenvalue weighted by Crippen LogP contribution is 2.34. The van der Waals surface area contributed by atoms with Gasteiger partial charge in [0.05, 0.1) is 0 Å². The van der Waals surface area contributed by atoms with Crippen LogP contribution in [-0.4, -0.2) is 0 Å². The number of rotatable bonds is 1. The highest BCUT2D eigenvalue weighted by Gasteiger charge is 2.17.